The first kappa shape index (κ1) is 15.2. The molecule has 1 unspecified atom stereocenters. The first-order valence-electron chi connectivity index (χ1n) is 6.75. The van der Waals surface area contributed by atoms with Gasteiger partial charge in [-0.1, -0.05) is 39.5 Å². The number of unbranched alkanes of at least 4 members (excludes halogenated alkanes) is 3. The molecule has 0 amide bonds. The van der Waals surface area contributed by atoms with Crippen molar-refractivity contribution in [2.45, 2.75) is 58.4 Å². The van der Waals surface area contributed by atoms with Crippen LogP contribution in [-0.2, 0) is 0 Å². The van der Waals surface area contributed by atoms with E-state index in [1.165, 1.54) is 47.9 Å². The van der Waals surface area contributed by atoms with E-state index in [0.29, 0.717) is 6.04 Å². The van der Waals surface area contributed by atoms with Crippen LogP contribution in [0.15, 0.2) is 15.2 Å². The van der Waals surface area contributed by atoms with Gasteiger partial charge >= 0.3 is 0 Å². The maximum atomic E-state index is 3.66. The van der Waals surface area contributed by atoms with Gasteiger partial charge in [0.05, 0.1) is 3.79 Å². The highest BCUT2D eigenvalue weighted by Gasteiger charge is 2.11. The maximum Gasteiger partial charge on any atom is 0.0701 e. The third-order valence-corrected chi connectivity index (χ3v) is 4.50. The second-order valence-corrected chi connectivity index (χ2v) is 6.83. The summed E-state index contributed by atoms with van der Waals surface area (Å²) in [5.74, 6) is 0. The van der Waals surface area contributed by atoms with Gasteiger partial charge in [0.25, 0.3) is 0 Å². The van der Waals surface area contributed by atoms with Crippen molar-refractivity contribution in [3.05, 3.63) is 20.8 Å². The first-order valence-corrected chi connectivity index (χ1v) is 8.42. The Kier molecular flexibility index (Phi) is 8.15. The molecule has 0 radical (unpaired) electrons. The highest BCUT2D eigenvalue weighted by atomic mass is 79.9. The summed E-state index contributed by atoms with van der Waals surface area (Å²) >= 11 is 5.34. The molecule has 0 aliphatic heterocycles. The summed E-state index contributed by atoms with van der Waals surface area (Å²) in [6, 6.07) is 2.81. The molecule has 0 fully saturated rings. The molecule has 98 valence electrons. The zero-order chi connectivity index (χ0) is 12.5. The number of thiophene rings is 1. The van der Waals surface area contributed by atoms with Crippen LogP contribution in [0.1, 0.15) is 64.0 Å². The molecule has 0 aromatic carbocycles. The summed E-state index contributed by atoms with van der Waals surface area (Å²) in [6.45, 7) is 5.61. The van der Waals surface area contributed by atoms with Gasteiger partial charge < -0.3 is 5.32 Å². The van der Waals surface area contributed by atoms with Gasteiger partial charge in [-0.2, -0.15) is 0 Å². The van der Waals surface area contributed by atoms with E-state index in [9.17, 15) is 0 Å². The topological polar surface area (TPSA) is 12.0 Å². The van der Waals surface area contributed by atoms with Crippen LogP contribution in [0.3, 0.4) is 0 Å². The molecule has 1 nitrogen and oxygen atoms in total. The molecule has 0 aliphatic rings. The third-order valence-electron chi connectivity index (χ3n) is 2.98. The predicted octanol–water partition coefficient (Wildman–Crippen LogP) is 5.52. The molecule has 1 atom stereocenters. The van der Waals surface area contributed by atoms with Crippen LogP contribution in [0.2, 0.25) is 0 Å². The van der Waals surface area contributed by atoms with E-state index in [0.717, 1.165) is 6.54 Å². The van der Waals surface area contributed by atoms with E-state index < -0.39 is 0 Å². The molecule has 1 N–H and O–H groups in total. The fraction of sp³-hybridized carbons (Fsp3) is 0.714. The van der Waals surface area contributed by atoms with Crippen molar-refractivity contribution in [2.24, 2.45) is 0 Å². The fourth-order valence-electron chi connectivity index (χ4n) is 1.99. The smallest absolute Gasteiger partial charge is 0.0701 e. The zero-order valence-corrected chi connectivity index (χ0v) is 13.4. The summed E-state index contributed by atoms with van der Waals surface area (Å²) in [4.78, 5) is 0. The summed E-state index contributed by atoms with van der Waals surface area (Å²) in [6.07, 6.45) is 7.86. The lowest BCUT2D eigenvalue weighted by atomic mass is 10.0. The van der Waals surface area contributed by atoms with Crippen molar-refractivity contribution in [2.75, 3.05) is 6.54 Å². The number of rotatable bonds is 9. The summed E-state index contributed by atoms with van der Waals surface area (Å²) in [7, 11) is 0. The maximum absolute atomic E-state index is 3.66. The fourth-order valence-corrected chi connectivity index (χ4v) is 3.22. The second kappa shape index (κ2) is 9.12. The number of hydrogen-bond donors (Lipinski definition) is 1. The van der Waals surface area contributed by atoms with Crippen molar-refractivity contribution in [3.63, 3.8) is 0 Å². The number of halogens is 1. The molecular formula is C14H24BrNS. The third kappa shape index (κ3) is 6.03. The monoisotopic (exact) mass is 317 g/mol. The Labute approximate surface area is 118 Å². The average molecular weight is 318 g/mol. The Morgan fingerprint density at radius 3 is 2.65 bits per heavy atom. The largest absolute Gasteiger partial charge is 0.310 e. The van der Waals surface area contributed by atoms with Gasteiger partial charge in [-0.25, -0.2) is 0 Å². The minimum absolute atomic E-state index is 0.550. The zero-order valence-electron chi connectivity index (χ0n) is 11.0. The SMILES string of the molecule is CCCCCCC(NCCC)c1csc(Br)c1. The van der Waals surface area contributed by atoms with E-state index in [4.69, 9.17) is 0 Å². The Hall–Kier alpha value is 0.140. The minimum atomic E-state index is 0.550. The molecular weight excluding hydrogens is 294 g/mol. The van der Waals surface area contributed by atoms with E-state index in [1.807, 2.05) is 0 Å². The van der Waals surface area contributed by atoms with Gasteiger partial charge in [-0.15, -0.1) is 11.3 Å². The van der Waals surface area contributed by atoms with Crippen LogP contribution in [0.5, 0.6) is 0 Å². The highest BCUT2D eigenvalue weighted by Crippen LogP contribution is 2.28. The van der Waals surface area contributed by atoms with Crippen molar-refractivity contribution in [1.29, 1.82) is 0 Å². The molecule has 0 spiro atoms. The molecule has 0 bridgehead atoms. The quantitative estimate of drug-likeness (QED) is 0.591. The van der Waals surface area contributed by atoms with E-state index in [-0.39, 0.29) is 0 Å². The lowest BCUT2D eigenvalue weighted by Crippen LogP contribution is -2.21. The van der Waals surface area contributed by atoms with E-state index in [1.54, 1.807) is 11.3 Å². The lowest BCUT2D eigenvalue weighted by Gasteiger charge is -2.17. The molecule has 0 saturated carbocycles. The van der Waals surface area contributed by atoms with Crippen LogP contribution in [0, 0.1) is 0 Å². The molecule has 1 rings (SSSR count). The first-order chi connectivity index (χ1) is 8.27. The van der Waals surface area contributed by atoms with Gasteiger partial charge in [0, 0.05) is 6.04 Å². The van der Waals surface area contributed by atoms with Gasteiger partial charge in [-0.05, 0) is 52.3 Å². The van der Waals surface area contributed by atoms with Crippen LogP contribution in [0.4, 0.5) is 0 Å². The van der Waals surface area contributed by atoms with Crippen molar-refractivity contribution in [1.82, 2.24) is 5.32 Å². The van der Waals surface area contributed by atoms with Gasteiger partial charge in [0.2, 0.25) is 0 Å². The summed E-state index contributed by atoms with van der Waals surface area (Å²) in [5, 5.41) is 5.94. The van der Waals surface area contributed by atoms with Crippen LogP contribution in [0.25, 0.3) is 0 Å². The van der Waals surface area contributed by atoms with Gasteiger partial charge in [0.1, 0.15) is 0 Å². The van der Waals surface area contributed by atoms with Crippen LogP contribution < -0.4 is 5.32 Å². The minimum Gasteiger partial charge on any atom is -0.310 e. The van der Waals surface area contributed by atoms with E-state index >= 15 is 0 Å². The van der Waals surface area contributed by atoms with E-state index in [2.05, 4.69) is 46.5 Å². The Bertz CT molecular complexity index is 298. The standard InChI is InChI=1S/C14H24BrNS/c1-3-5-6-7-8-13(16-9-4-2)12-10-14(15)17-11-12/h10-11,13,16H,3-9H2,1-2H3. The molecule has 3 heteroatoms. The Balaban J connectivity index is 2.42. The summed E-state index contributed by atoms with van der Waals surface area (Å²) in [5.41, 5.74) is 1.45. The number of hydrogen-bond acceptors (Lipinski definition) is 2. The van der Waals surface area contributed by atoms with Crippen LogP contribution in [-0.4, -0.2) is 6.54 Å². The second-order valence-electron chi connectivity index (χ2n) is 4.54. The molecule has 0 aliphatic carbocycles. The van der Waals surface area contributed by atoms with Gasteiger partial charge in [-0.3, -0.25) is 0 Å². The Morgan fingerprint density at radius 1 is 1.24 bits per heavy atom. The van der Waals surface area contributed by atoms with Gasteiger partial charge in [0.15, 0.2) is 0 Å². The number of nitrogens with one attached hydrogen (secondary N) is 1. The molecule has 1 aromatic rings. The molecule has 0 saturated heterocycles. The molecule has 17 heavy (non-hydrogen) atoms. The van der Waals surface area contributed by atoms with Crippen molar-refractivity contribution in [3.8, 4) is 0 Å². The Morgan fingerprint density at radius 2 is 2.06 bits per heavy atom. The normalized spacial score (nSPS) is 12.9. The summed E-state index contributed by atoms with van der Waals surface area (Å²) < 4.78 is 1.24. The average Bonchev–Trinajstić information content (AvgIpc) is 2.75. The van der Waals surface area contributed by atoms with Crippen molar-refractivity contribution < 1.29 is 0 Å². The van der Waals surface area contributed by atoms with Crippen molar-refractivity contribution >= 4 is 27.3 Å². The lowest BCUT2D eigenvalue weighted by molar-refractivity contribution is 0.471. The highest BCUT2D eigenvalue weighted by molar-refractivity contribution is 9.11. The molecule has 1 heterocycles. The predicted molar refractivity (Wildman–Crippen MR) is 81.8 cm³/mol. The van der Waals surface area contributed by atoms with Crippen LogP contribution >= 0.6 is 27.3 Å². The molecule has 1 aromatic heterocycles.